The van der Waals surface area contributed by atoms with E-state index in [1.54, 1.807) is 0 Å². The Morgan fingerprint density at radius 2 is 2.21 bits per heavy atom. The molecule has 6 atom stereocenters. The van der Waals surface area contributed by atoms with Gasteiger partial charge in [-0.2, -0.15) is 16.7 Å². The lowest BCUT2D eigenvalue weighted by molar-refractivity contribution is 0.203. The van der Waals surface area contributed by atoms with Crippen LogP contribution in [-0.2, 0) is 0 Å². The third kappa shape index (κ3) is 3.13. The van der Waals surface area contributed by atoms with Gasteiger partial charge < -0.3 is 21.5 Å². The average molecular weight is 402 g/mol. The smallest absolute Gasteiger partial charge is 0.229 e. The zero-order valence-electron chi connectivity index (χ0n) is 15.4. The molecule has 1 aromatic carbocycles. The summed E-state index contributed by atoms with van der Waals surface area (Å²) in [5.74, 6) is 2.00. The molecular formula is C20H24FN5OS. The van der Waals surface area contributed by atoms with Gasteiger partial charge in [0.05, 0.1) is 12.3 Å². The predicted molar refractivity (Wildman–Crippen MR) is 109 cm³/mol. The Kier molecular flexibility index (Phi) is 4.65. The fraction of sp³-hybridized carbons (Fsp3) is 0.500. The summed E-state index contributed by atoms with van der Waals surface area (Å²) in [5, 5.41) is 17.6. The molecule has 1 aliphatic heterocycles. The summed E-state index contributed by atoms with van der Waals surface area (Å²) in [7, 11) is 0. The molecule has 0 spiro atoms. The molecule has 6 nitrogen and oxygen atoms in total. The number of aromatic nitrogens is 2. The van der Waals surface area contributed by atoms with Crippen molar-refractivity contribution in [2.75, 3.05) is 22.9 Å². The second-order valence-corrected chi connectivity index (χ2v) is 9.27. The minimum Gasteiger partial charge on any atom is -0.388 e. The van der Waals surface area contributed by atoms with Gasteiger partial charge in [-0.1, -0.05) is 12.1 Å². The van der Waals surface area contributed by atoms with Crippen molar-refractivity contribution in [1.82, 2.24) is 9.97 Å². The molecule has 1 aromatic heterocycles. The van der Waals surface area contributed by atoms with E-state index >= 15 is 0 Å². The van der Waals surface area contributed by atoms with E-state index in [9.17, 15) is 9.50 Å². The minimum atomic E-state index is -0.532. The van der Waals surface area contributed by atoms with Gasteiger partial charge in [-0.05, 0) is 54.8 Å². The van der Waals surface area contributed by atoms with E-state index < -0.39 is 11.9 Å². The molecule has 2 heterocycles. The first-order valence-electron chi connectivity index (χ1n) is 9.78. The van der Waals surface area contributed by atoms with E-state index in [1.807, 2.05) is 36.0 Å². The molecule has 2 aliphatic carbocycles. The number of rotatable bonds is 1. The lowest BCUT2D eigenvalue weighted by atomic mass is 9.84. The largest absolute Gasteiger partial charge is 0.388 e. The van der Waals surface area contributed by atoms with Crippen LogP contribution in [0.5, 0.6) is 0 Å². The highest BCUT2D eigenvalue weighted by molar-refractivity contribution is 7.99. The molecule has 6 bridgehead atoms. The molecule has 148 valence electrons. The number of nitrogens with two attached hydrogens (primary N) is 1. The molecule has 5 rings (SSSR count). The number of halogens is 1. The first-order valence-corrected chi connectivity index (χ1v) is 10.8. The monoisotopic (exact) mass is 401 g/mol. The second-order valence-electron chi connectivity index (χ2n) is 7.99. The van der Waals surface area contributed by atoms with Gasteiger partial charge in [-0.3, -0.25) is 0 Å². The number of nitrogens with zero attached hydrogens (tertiary/aromatic N) is 2. The molecule has 3 aliphatic rings. The first kappa shape index (κ1) is 18.1. The van der Waals surface area contributed by atoms with Crippen molar-refractivity contribution >= 4 is 29.2 Å². The Morgan fingerprint density at radius 1 is 1.32 bits per heavy atom. The molecule has 0 radical (unpaired) electrons. The fourth-order valence-electron chi connectivity index (χ4n) is 5.10. The molecule has 6 unspecified atom stereocenters. The van der Waals surface area contributed by atoms with Crippen molar-refractivity contribution in [2.24, 2.45) is 23.5 Å². The number of thioether (sulfide) groups is 1. The van der Waals surface area contributed by atoms with Crippen LogP contribution in [-0.4, -0.2) is 38.7 Å². The maximum atomic E-state index is 14.5. The summed E-state index contributed by atoms with van der Waals surface area (Å²) in [4.78, 5) is 8.45. The Morgan fingerprint density at radius 3 is 3.07 bits per heavy atom. The standard InChI is InChI=1S/C20H24FN5OS/c21-15-8-23-20-24-12-3-1-2-10(4-12)16(27)9-28-17-6-11-5-13(17)18(14(11)7-22)25-19(15)26-20/h1-4,8,11,13-14,16-18,27H,5-7,9,22H2,(H2,23,24,25,26). The van der Waals surface area contributed by atoms with Gasteiger partial charge >= 0.3 is 0 Å². The number of hydrogen-bond acceptors (Lipinski definition) is 7. The highest BCUT2D eigenvalue weighted by Gasteiger charge is 2.52. The maximum absolute atomic E-state index is 14.5. The SMILES string of the molecule is NCC1C2CC3SCC(O)c4cccc(c4)Nc4ncc(F)c(n4)NC1C3C2. The van der Waals surface area contributed by atoms with E-state index in [0.717, 1.165) is 24.1 Å². The number of benzene rings is 1. The number of fused-ring (bicyclic) bond motifs is 5. The second kappa shape index (κ2) is 7.17. The Balaban J connectivity index is 1.54. The van der Waals surface area contributed by atoms with Gasteiger partial charge in [-0.25, -0.2) is 9.37 Å². The van der Waals surface area contributed by atoms with Gasteiger partial charge in [0.15, 0.2) is 11.6 Å². The Hall–Kier alpha value is -1.90. The van der Waals surface area contributed by atoms with Crippen molar-refractivity contribution in [1.29, 1.82) is 0 Å². The third-order valence-electron chi connectivity index (χ3n) is 6.43. The summed E-state index contributed by atoms with van der Waals surface area (Å²) in [6.07, 6.45) is 2.87. The van der Waals surface area contributed by atoms with E-state index in [0.29, 0.717) is 41.2 Å². The number of nitrogens with one attached hydrogen (secondary N) is 2. The molecule has 0 amide bonds. The van der Waals surface area contributed by atoms with E-state index in [1.165, 1.54) is 6.20 Å². The van der Waals surface area contributed by atoms with Gasteiger partial charge in [0.2, 0.25) is 5.95 Å². The summed E-state index contributed by atoms with van der Waals surface area (Å²) in [6, 6.07) is 7.68. The number of aliphatic hydroxyl groups is 1. The van der Waals surface area contributed by atoms with Gasteiger partial charge in [0, 0.05) is 22.7 Å². The number of aliphatic hydroxyl groups excluding tert-OH is 1. The Labute approximate surface area is 167 Å². The van der Waals surface area contributed by atoms with E-state index in [-0.39, 0.29) is 11.9 Å². The summed E-state index contributed by atoms with van der Waals surface area (Å²) < 4.78 is 14.5. The summed E-state index contributed by atoms with van der Waals surface area (Å²) in [5.41, 5.74) is 7.69. The molecule has 8 heteroatoms. The molecular weight excluding hydrogens is 377 g/mol. The highest BCUT2D eigenvalue weighted by Crippen LogP contribution is 2.53. The quantitative estimate of drug-likeness (QED) is 0.583. The van der Waals surface area contributed by atoms with Crippen LogP contribution in [0.25, 0.3) is 0 Å². The Bertz CT molecular complexity index is 883. The molecule has 0 saturated heterocycles. The highest BCUT2D eigenvalue weighted by atomic mass is 32.2. The van der Waals surface area contributed by atoms with Crippen LogP contribution in [0.4, 0.5) is 21.8 Å². The zero-order chi connectivity index (χ0) is 19.3. The zero-order valence-corrected chi connectivity index (χ0v) is 16.2. The fourth-order valence-corrected chi connectivity index (χ4v) is 6.64. The first-order chi connectivity index (χ1) is 13.6. The van der Waals surface area contributed by atoms with Gasteiger partial charge in [-0.15, -0.1) is 0 Å². The lowest BCUT2D eigenvalue weighted by Gasteiger charge is -2.36. The maximum Gasteiger partial charge on any atom is 0.229 e. The molecule has 2 aromatic rings. The summed E-state index contributed by atoms with van der Waals surface area (Å²) in [6.45, 7) is 0.585. The van der Waals surface area contributed by atoms with Crippen LogP contribution in [0.1, 0.15) is 24.5 Å². The van der Waals surface area contributed by atoms with Crippen LogP contribution in [0, 0.1) is 23.6 Å². The normalized spacial score (nSPS) is 33.7. The van der Waals surface area contributed by atoms with Crippen LogP contribution in [0.3, 0.4) is 0 Å². The van der Waals surface area contributed by atoms with Crippen molar-refractivity contribution in [3.8, 4) is 0 Å². The van der Waals surface area contributed by atoms with Crippen LogP contribution in [0.2, 0.25) is 0 Å². The number of anilines is 3. The topological polar surface area (TPSA) is 96.1 Å². The van der Waals surface area contributed by atoms with Crippen LogP contribution >= 0.6 is 11.8 Å². The average Bonchev–Trinajstić information content (AvgIpc) is 3.26. The predicted octanol–water partition coefficient (Wildman–Crippen LogP) is 2.90. The van der Waals surface area contributed by atoms with Gasteiger partial charge in [0.1, 0.15) is 0 Å². The molecule has 28 heavy (non-hydrogen) atoms. The lowest BCUT2D eigenvalue weighted by Crippen LogP contribution is -2.43. The van der Waals surface area contributed by atoms with E-state index in [2.05, 4.69) is 20.6 Å². The van der Waals surface area contributed by atoms with E-state index in [4.69, 9.17) is 5.73 Å². The summed E-state index contributed by atoms with van der Waals surface area (Å²) >= 11 is 1.82. The minimum absolute atomic E-state index is 0.0939. The van der Waals surface area contributed by atoms with Crippen molar-refractivity contribution in [2.45, 2.75) is 30.2 Å². The van der Waals surface area contributed by atoms with Crippen LogP contribution in [0.15, 0.2) is 30.5 Å². The van der Waals surface area contributed by atoms with Crippen molar-refractivity contribution < 1.29 is 9.50 Å². The van der Waals surface area contributed by atoms with Crippen molar-refractivity contribution in [3.05, 3.63) is 41.8 Å². The molecule has 5 N–H and O–H groups in total. The third-order valence-corrected chi connectivity index (χ3v) is 7.91. The molecule has 2 saturated carbocycles. The molecule has 2 fully saturated rings. The van der Waals surface area contributed by atoms with Gasteiger partial charge in [0.25, 0.3) is 0 Å². The number of hydrogen-bond donors (Lipinski definition) is 4. The van der Waals surface area contributed by atoms with Crippen molar-refractivity contribution in [3.63, 3.8) is 0 Å². The van der Waals surface area contributed by atoms with Crippen LogP contribution < -0.4 is 16.4 Å².